The Balaban J connectivity index is 1.97. The fourth-order valence-electron chi connectivity index (χ4n) is 3.23. The third kappa shape index (κ3) is 3.71. The molecular formula is C18H18ClNO4S. The molecule has 7 heteroatoms. The molecule has 2 aromatic rings. The number of hydrogen-bond acceptors (Lipinski definition) is 3. The Morgan fingerprint density at radius 3 is 2.52 bits per heavy atom. The zero-order chi connectivity index (χ0) is 18.0. The van der Waals surface area contributed by atoms with Crippen molar-refractivity contribution in [1.29, 1.82) is 0 Å². The van der Waals surface area contributed by atoms with E-state index in [-0.39, 0.29) is 17.9 Å². The first-order chi connectivity index (χ1) is 11.9. The van der Waals surface area contributed by atoms with Crippen molar-refractivity contribution in [1.82, 2.24) is 3.82 Å². The van der Waals surface area contributed by atoms with Crippen LogP contribution < -0.4 is 0 Å². The topological polar surface area (TPSA) is 74.7 Å². The van der Waals surface area contributed by atoms with Crippen LogP contribution >= 0.6 is 11.8 Å². The number of hydrogen-bond donors (Lipinski definition) is 1. The zero-order valence-corrected chi connectivity index (χ0v) is 15.1. The van der Waals surface area contributed by atoms with Crippen LogP contribution in [0.2, 0.25) is 0 Å². The van der Waals surface area contributed by atoms with Crippen molar-refractivity contribution in [2.24, 2.45) is 0 Å². The molecule has 0 bridgehead atoms. The lowest BCUT2D eigenvalue weighted by Crippen LogP contribution is -2.23. The van der Waals surface area contributed by atoms with Gasteiger partial charge in [0, 0.05) is 0 Å². The minimum atomic E-state index is -3.85. The molecule has 0 saturated carbocycles. The van der Waals surface area contributed by atoms with E-state index in [1.807, 2.05) is 6.07 Å². The van der Waals surface area contributed by atoms with Crippen molar-refractivity contribution in [3.8, 4) is 0 Å². The van der Waals surface area contributed by atoms with Crippen molar-refractivity contribution in [3.63, 3.8) is 0 Å². The number of carbonyl (C=O) groups is 1. The Labute approximate surface area is 152 Å². The SMILES string of the molecule is O=C(O)Cc1ccc2c(c1CN(Cl)S(=O)(=O)c1ccccc1)CCC2. The molecule has 2 aromatic carbocycles. The Morgan fingerprint density at radius 1 is 1.12 bits per heavy atom. The highest BCUT2D eigenvalue weighted by Crippen LogP contribution is 2.31. The average Bonchev–Trinajstić information content (AvgIpc) is 3.06. The Morgan fingerprint density at radius 2 is 1.84 bits per heavy atom. The summed E-state index contributed by atoms with van der Waals surface area (Å²) >= 11 is 6.15. The Kier molecular flexibility index (Phi) is 5.13. The summed E-state index contributed by atoms with van der Waals surface area (Å²) in [5.41, 5.74) is 3.51. The zero-order valence-electron chi connectivity index (χ0n) is 13.5. The highest BCUT2D eigenvalue weighted by atomic mass is 35.5. The number of carboxylic acid groups (broad SMARTS) is 1. The van der Waals surface area contributed by atoms with Crippen molar-refractivity contribution >= 4 is 27.8 Å². The minimum absolute atomic E-state index is 0.0510. The molecule has 0 fully saturated rings. The van der Waals surface area contributed by atoms with Gasteiger partial charge in [-0.1, -0.05) is 30.3 Å². The van der Waals surface area contributed by atoms with Gasteiger partial charge in [-0.25, -0.2) is 8.42 Å². The van der Waals surface area contributed by atoms with Gasteiger partial charge in [0.25, 0.3) is 10.0 Å². The number of nitrogens with zero attached hydrogens (tertiary/aromatic N) is 1. The third-order valence-electron chi connectivity index (χ3n) is 4.42. The highest BCUT2D eigenvalue weighted by molar-refractivity contribution is 7.90. The number of benzene rings is 2. The van der Waals surface area contributed by atoms with Crippen LogP contribution in [-0.2, 0) is 40.6 Å². The number of carboxylic acids is 1. The summed E-state index contributed by atoms with van der Waals surface area (Å²) in [6.07, 6.45) is 2.56. The smallest absolute Gasteiger partial charge is 0.307 e. The molecule has 5 nitrogen and oxygen atoms in total. The molecule has 1 N–H and O–H groups in total. The Bertz CT molecular complexity index is 897. The molecule has 0 spiro atoms. The van der Waals surface area contributed by atoms with Crippen LogP contribution in [0.5, 0.6) is 0 Å². The van der Waals surface area contributed by atoms with Crippen LogP contribution in [0, 0.1) is 0 Å². The van der Waals surface area contributed by atoms with E-state index in [0.717, 1.165) is 34.2 Å². The van der Waals surface area contributed by atoms with Gasteiger partial charge in [0.15, 0.2) is 0 Å². The van der Waals surface area contributed by atoms with E-state index in [0.29, 0.717) is 11.1 Å². The lowest BCUT2D eigenvalue weighted by Gasteiger charge is -2.19. The molecule has 0 aromatic heterocycles. The van der Waals surface area contributed by atoms with Gasteiger partial charge < -0.3 is 5.11 Å². The monoisotopic (exact) mass is 379 g/mol. The summed E-state index contributed by atoms with van der Waals surface area (Å²) in [5.74, 6) is -0.953. The van der Waals surface area contributed by atoms with Crippen LogP contribution in [0.15, 0.2) is 47.4 Å². The molecule has 0 atom stereocenters. The largest absolute Gasteiger partial charge is 0.481 e. The molecule has 25 heavy (non-hydrogen) atoms. The van der Waals surface area contributed by atoms with E-state index in [1.165, 1.54) is 12.1 Å². The fraction of sp³-hybridized carbons (Fsp3) is 0.278. The van der Waals surface area contributed by atoms with Crippen LogP contribution in [0.25, 0.3) is 0 Å². The molecule has 0 amide bonds. The quantitative estimate of drug-likeness (QED) is 0.782. The summed E-state index contributed by atoms with van der Waals surface area (Å²) in [7, 11) is -3.85. The lowest BCUT2D eigenvalue weighted by molar-refractivity contribution is -0.136. The van der Waals surface area contributed by atoms with E-state index in [4.69, 9.17) is 16.9 Å². The van der Waals surface area contributed by atoms with Gasteiger partial charge in [-0.3, -0.25) is 4.79 Å². The molecule has 1 aliphatic carbocycles. The maximum Gasteiger partial charge on any atom is 0.307 e. The van der Waals surface area contributed by atoms with Crippen molar-refractivity contribution < 1.29 is 18.3 Å². The predicted molar refractivity (Wildman–Crippen MR) is 94.8 cm³/mol. The average molecular weight is 380 g/mol. The van der Waals surface area contributed by atoms with E-state index in [9.17, 15) is 13.2 Å². The second-order valence-electron chi connectivity index (χ2n) is 6.03. The van der Waals surface area contributed by atoms with Gasteiger partial charge in [-0.15, -0.1) is 3.82 Å². The van der Waals surface area contributed by atoms with E-state index >= 15 is 0 Å². The number of rotatable bonds is 6. The Hall–Kier alpha value is -1.89. The summed E-state index contributed by atoms with van der Waals surface area (Å²) in [5, 5.41) is 9.15. The maximum absolute atomic E-state index is 12.6. The minimum Gasteiger partial charge on any atom is -0.481 e. The summed E-state index contributed by atoms with van der Waals surface area (Å²) in [6, 6.07) is 11.7. The molecule has 0 aliphatic heterocycles. The number of halogens is 1. The molecule has 0 heterocycles. The second kappa shape index (κ2) is 7.15. The van der Waals surface area contributed by atoms with Gasteiger partial charge in [-0.05, 0) is 65.4 Å². The number of aliphatic carboxylic acids is 1. The molecule has 1 aliphatic rings. The van der Waals surface area contributed by atoms with Gasteiger partial charge in [0.2, 0.25) is 0 Å². The number of fused-ring (bicyclic) bond motifs is 1. The molecule has 0 radical (unpaired) electrons. The third-order valence-corrected chi connectivity index (χ3v) is 6.61. The molecule has 0 saturated heterocycles. The van der Waals surface area contributed by atoms with Crippen molar-refractivity contribution in [3.05, 3.63) is 64.7 Å². The summed E-state index contributed by atoms with van der Waals surface area (Å²) < 4.78 is 26.1. The van der Waals surface area contributed by atoms with Gasteiger partial charge >= 0.3 is 5.97 Å². The van der Waals surface area contributed by atoms with Crippen molar-refractivity contribution in [2.75, 3.05) is 0 Å². The first kappa shape index (κ1) is 17.9. The summed E-state index contributed by atoms with van der Waals surface area (Å²) in [4.78, 5) is 11.3. The van der Waals surface area contributed by atoms with Gasteiger partial charge in [-0.2, -0.15) is 0 Å². The fourth-order valence-corrected chi connectivity index (χ4v) is 4.62. The molecular weight excluding hydrogens is 362 g/mol. The summed E-state index contributed by atoms with van der Waals surface area (Å²) in [6.45, 7) is -0.0510. The normalized spacial score (nSPS) is 13.8. The molecule has 132 valence electrons. The van der Waals surface area contributed by atoms with E-state index < -0.39 is 16.0 Å². The lowest BCUT2D eigenvalue weighted by atomic mass is 9.96. The van der Waals surface area contributed by atoms with E-state index in [2.05, 4.69) is 0 Å². The number of aryl methyl sites for hydroxylation is 1. The van der Waals surface area contributed by atoms with Crippen LogP contribution in [0.3, 0.4) is 0 Å². The van der Waals surface area contributed by atoms with E-state index in [1.54, 1.807) is 24.3 Å². The highest BCUT2D eigenvalue weighted by Gasteiger charge is 2.27. The first-order valence-electron chi connectivity index (χ1n) is 7.97. The van der Waals surface area contributed by atoms with Crippen LogP contribution in [0.1, 0.15) is 28.7 Å². The van der Waals surface area contributed by atoms with Crippen LogP contribution in [-0.4, -0.2) is 23.3 Å². The molecule has 0 unspecified atom stereocenters. The molecule has 3 rings (SSSR count). The first-order valence-corrected chi connectivity index (χ1v) is 9.75. The predicted octanol–water partition coefficient (Wildman–Crippen LogP) is 3.15. The van der Waals surface area contributed by atoms with Crippen LogP contribution in [0.4, 0.5) is 0 Å². The van der Waals surface area contributed by atoms with Gasteiger partial charge in [0.05, 0.1) is 17.9 Å². The van der Waals surface area contributed by atoms with Gasteiger partial charge in [0.1, 0.15) is 0 Å². The van der Waals surface area contributed by atoms with Crippen molar-refractivity contribution in [2.45, 2.75) is 37.1 Å². The second-order valence-corrected chi connectivity index (χ2v) is 8.50. The maximum atomic E-state index is 12.6. The number of sulfonamides is 1. The standard InChI is InChI=1S/C18H18ClNO4S/c19-20(25(23,24)15-6-2-1-3-7-15)12-17-14(11-18(21)22)10-9-13-5-4-8-16(13)17/h1-3,6-7,9-10H,4-5,8,11-12H2,(H,21,22).